The second-order valence-electron chi connectivity index (χ2n) is 4.80. The molecule has 0 saturated carbocycles. The number of hydrogen-bond acceptors (Lipinski definition) is 4. The van der Waals surface area contributed by atoms with Crippen molar-refractivity contribution in [3.63, 3.8) is 0 Å². The Balaban J connectivity index is 2.01. The van der Waals surface area contributed by atoms with Gasteiger partial charge in [-0.3, -0.25) is 4.90 Å². The molecule has 4 heteroatoms. The van der Waals surface area contributed by atoms with Crippen molar-refractivity contribution >= 4 is 0 Å². The molecule has 1 saturated heterocycles. The molecular weight excluding hydrogens is 228 g/mol. The molecule has 1 aromatic rings. The van der Waals surface area contributed by atoms with E-state index in [0.717, 1.165) is 37.6 Å². The van der Waals surface area contributed by atoms with Gasteiger partial charge in [0.15, 0.2) is 11.5 Å². The van der Waals surface area contributed by atoms with Crippen LogP contribution in [0.4, 0.5) is 0 Å². The Morgan fingerprint density at radius 1 is 1.33 bits per heavy atom. The Hall–Kier alpha value is -1.26. The normalized spacial score (nSPS) is 16.4. The minimum atomic E-state index is 0.298. The summed E-state index contributed by atoms with van der Waals surface area (Å²) in [7, 11) is 5.75. The molecule has 0 bridgehead atoms. The van der Waals surface area contributed by atoms with Crippen molar-refractivity contribution in [1.29, 1.82) is 0 Å². The summed E-state index contributed by atoms with van der Waals surface area (Å²) in [6.07, 6.45) is 1.30. The fraction of sp³-hybridized carbons (Fsp3) is 0.571. The Morgan fingerprint density at radius 2 is 2.11 bits per heavy atom. The maximum Gasteiger partial charge on any atom is 0.161 e. The number of nitrogens with zero attached hydrogens (tertiary/aromatic N) is 1. The van der Waals surface area contributed by atoms with E-state index in [1.54, 1.807) is 7.11 Å². The number of methoxy groups -OCH3 is 1. The standard InChI is InChI=1S/C14H22N2O2/c1-15-7-6-11-4-5-13(14(8-11)17-3)18-12-9-16(2)10-12/h4-5,8,12,15H,6-7,9-10H2,1-3H3. The fourth-order valence-corrected chi connectivity index (χ4v) is 2.13. The van der Waals surface area contributed by atoms with Crippen LogP contribution in [-0.2, 0) is 6.42 Å². The van der Waals surface area contributed by atoms with E-state index in [-0.39, 0.29) is 0 Å². The first-order chi connectivity index (χ1) is 8.72. The first-order valence-corrected chi connectivity index (χ1v) is 6.39. The van der Waals surface area contributed by atoms with Crippen LogP contribution in [-0.4, -0.2) is 51.8 Å². The molecule has 0 spiro atoms. The topological polar surface area (TPSA) is 33.7 Å². The summed E-state index contributed by atoms with van der Waals surface area (Å²) < 4.78 is 11.3. The highest BCUT2D eigenvalue weighted by molar-refractivity contribution is 5.43. The van der Waals surface area contributed by atoms with Crippen LogP contribution in [0.2, 0.25) is 0 Å². The Bertz CT molecular complexity index is 389. The zero-order chi connectivity index (χ0) is 13.0. The molecule has 0 amide bonds. The van der Waals surface area contributed by atoms with Gasteiger partial charge in [-0.15, -0.1) is 0 Å². The molecule has 0 unspecified atom stereocenters. The van der Waals surface area contributed by atoms with Gasteiger partial charge in [0.05, 0.1) is 7.11 Å². The van der Waals surface area contributed by atoms with Gasteiger partial charge in [0.25, 0.3) is 0 Å². The predicted octanol–water partition coefficient (Wildman–Crippen LogP) is 1.15. The van der Waals surface area contributed by atoms with Crippen molar-refractivity contribution < 1.29 is 9.47 Å². The molecule has 1 N–H and O–H groups in total. The van der Waals surface area contributed by atoms with Gasteiger partial charge in [0.2, 0.25) is 0 Å². The van der Waals surface area contributed by atoms with E-state index >= 15 is 0 Å². The lowest BCUT2D eigenvalue weighted by Gasteiger charge is -2.36. The van der Waals surface area contributed by atoms with Crippen LogP contribution in [0, 0.1) is 0 Å². The van der Waals surface area contributed by atoms with Crippen LogP contribution in [0.15, 0.2) is 18.2 Å². The summed E-state index contributed by atoms with van der Waals surface area (Å²) in [5, 5.41) is 3.15. The molecule has 1 aliphatic heterocycles. The summed E-state index contributed by atoms with van der Waals surface area (Å²) in [5.74, 6) is 1.68. The first kappa shape index (κ1) is 13.2. The van der Waals surface area contributed by atoms with Crippen molar-refractivity contribution in [2.75, 3.05) is 40.8 Å². The summed E-state index contributed by atoms with van der Waals surface area (Å²) in [6.45, 7) is 2.95. The van der Waals surface area contributed by atoms with Gasteiger partial charge in [0.1, 0.15) is 6.10 Å². The largest absolute Gasteiger partial charge is 0.493 e. The van der Waals surface area contributed by atoms with Gasteiger partial charge >= 0.3 is 0 Å². The minimum absolute atomic E-state index is 0.298. The van der Waals surface area contributed by atoms with Gasteiger partial charge in [-0.25, -0.2) is 0 Å². The predicted molar refractivity (Wildman–Crippen MR) is 72.5 cm³/mol. The molecule has 1 aromatic carbocycles. The van der Waals surface area contributed by atoms with Crippen molar-refractivity contribution in [3.8, 4) is 11.5 Å². The highest BCUT2D eigenvalue weighted by atomic mass is 16.5. The van der Waals surface area contributed by atoms with Crippen molar-refractivity contribution in [3.05, 3.63) is 23.8 Å². The van der Waals surface area contributed by atoms with E-state index in [0.29, 0.717) is 6.10 Å². The highest BCUT2D eigenvalue weighted by Crippen LogP contribution is 2.30. The lowest BCUT2D eigenvalue weighted by Crippen LogP contribution is -2.51. The molecule has 2 rings (SSSR count). The molecular formula is C14H22N2O2. The van der Waals surface area contributed by atoms with Gasteiger partial charge in [0, 0.05) is 13.1 Å². The third kappa shape index (κ3) is 3.15. The van der Waals surface area contributed by atoms with Crippen LogP contribution in [0.3, 0.4) is 0 Å². The van der Waals surface area contributed by atoms with Crippen LogP contribution in [0.5, 0.6) is 11.5 Å². The van der Waals surface area contributed by atoms with E-state index in [1.165, 1.54) is 5.56 Å². The molecule has 1 heterocycles. The Labute approximate surface area is 109 Å². The van der Waals surface area contributed by atoms with Crippen molar-refractivity contribution in [2.24, 2.45) is 0 Å². The minimum Gasteiger partial charge on any atom is -0.493 e. The SMILES string of the molecule is CNCCc1ccc(OC2CN(C)C2)c(OC)c1. The first-order valence-electron chi connectivity index (χ1n) is 6.39. The molecule has 4 nitrogen and oxygen atoms in total. The van der Waals surface area contributed by atoms with Crippen LogP contribution in [0.25, 0.3) is 0 Å². The number of rotatable bonds is 6. The fourth-order valence-electron chi connectivity index (χ4n) is 2.13. The summed E-state index contributed by atoms with van der Waals surface area (Å²) in [6, 6.07) is 6.19. The molecule has 0 radical (unpaired) electrons. The summed E-state index contributed by atoms with van der Waals surface area (Å²) in [4.78, 5) is 2.23. The average molecular weight is 250 g/mol. The molecule has 1 aliphatic rings. The molecule has 18 heavy (non-hydrogen) atoms. The number of hydrogen-bond donors (Lipinski definition) is 1. The average Bonchev–Trinajstić information content (AvgIpc) is 2.35. The molecule has 1 fully saturated rings. The third-order valence-electron chi connectivity index (χ3n) is 3.22. The van der Waals surface area contributed by atoms with Crippen LogP contribution < -0.4 is 14.8 Å². The number of likely N-dealkylation sites (N-methyl/N-ethyl adjacent to an activating group) is 2. The number of nitrogens with one attached hydrogen (secondary N) is 1. The van der Waals surface area contributed by atoms with E-state index in [2.05, 4.69) is 29.4 Å². The van der Waals surface area contributed by atoms with Gasteiger partial charge in [-0.1, -0.05) is 6.07 Å². The lowest BCUT2D eigenvalue weighted by molar-refractivity contribution is 0.0369. The number of ether oxygens (including phenoxy) is 2. The van der Waals surface area contributed by atoms with Crippen molar-refractivity contribution in [2.45, 2.75) is 12.5 Å². The van der Waals surface area contributed by atoms with Gasteiger partial charge in [-0.05, 0) is 44.8 Å². The van der Waals surface area contributed by atoms with E-state index in [4.69, 9.17) is 9.47 Å². The molecule has 0 atom stereocenters. The second kappa shape index (κ2) is 6.07. The van der Waals surface area contributed by atoms with E-state index in [9.17, 15) is 0 Å². The Morgan fingerprint density at radius 3 is 2.72 bits per heavy atom. The molecule has 100 valence electrons. The maximum absolute atomic E-state index is 5.92. The third-order valence-corrected chi connectivity index (χ3v) is 3.22. The Kier molecular flexibility index (Phi) is 4.44. The van der Waals surface area contributed by atoms with Gasteiger partial charge in [-0.2, -0.15) is 0 Å². The highest BCUT2D eigenvalue weighted by Gasteiger charge is 2.25. The monoisotopic (exact) mass is 250 g/mol. The van der Waals surface area contributed by atoms with E-state index in [1.807, 2.05) is 13.1 Å². The summed E-state index contributed by atoms with van der Waals surface area (Å²) >= 11 is 0. The zero-order valence-electron chi connectivity index (χ0n) is 11.4. The van der Waals surface area contributed by atoms with Crippen LogP contribution >= 0.6 is 0 Å². The second-order valence-corrected chi connectivity index (χ2v) is 4.80. The summed E-state index contributed by atoms with van der Waals surface area (Å²) in [5.41, 5.74) is 1.26. The van der Waals surface area contributed by atoms with Gasteiger partial charge < -0.3 is 14.8 Å². The molecule has 0 aromatic heterocycles. The quantitative estimate of drug-likeness (QED) is 0.821. The van der Waals surface area contributed by atoms with Crippen molar-refractivity contribution in [1.82, 2.24) is 10.2 Å². The number of benzene rings is 1. The smallest absolute Gasteiger partial charge is 0.161 e. The maximum atomic E-state index is 5.92. The number of likely N-dealkylation sites (tertiary alicyclic amines) is 1. The lowest BCUT2D eigenvalue weighted by atomic mass is 10.1. The zero-order valence-corrected chi connectivity index (χ0v) is 11.4. The molecule has 0 aliphatic carbocycles. The van der Waals surface area contributed by atoms with E-state index < -0.39 is 0 Å². The van der Waals surface area contributed by atoms with Crippen LogP contribution in [0.1, 0.15) is 5.56 Å².